The lowest BCUT2D eigenvalue weighted by Gasteiger charge is -2.26. The summed E-state index contributed by atoms with van der Waals surface area (Å²) in [5.74, 6) is -4.42. The molecule has 2 aromatic heterocycles. The Balaban J connectivity index is 1.33. The lowest BCUT2D eigenvalue weighted by Crippen LogP contribution is -2.39. The fraction of sp³-hybridized carbons (Fsp3) is 0.500. The summed E-state index contributed by atoms with van der Waals surface area (Å²) in [6.45, 7) is 0. The Morgan fingerprint density at radius 2 is 1.13 bits per heavy atom. The molecule has 2 saturated carbocycles. The molecule has 0 radical (unpaired) electrons. The number of hydrogen-bond donors (Lipinski definition) is 3. The number of sulfone groups is 2. The van der Waals surface area contributed by atoms with Gasteiger partial charge in [0, 0.05) is 41.0 Å². The van der Waals surface area contributed by atoms with Crippen LogP contribution in [0.3, 0.4) is 0 Å². The van der Waals surface area contributed by atoms with E-state index in [1.807, 2.05) is 0 Å². The highest BCUT2D eigenvalue weighted by molar-refractivity contribution is 7.98. The van der Waals surface area contributed by atoms with Gasteiger partial charge < -0.3 is 24.8 Å². The van der Waals surface area contributed by atoms with Crippen LogP contribution < -0.4 is 22.5 Å². The molecule has 4 aliphatic rings. The zero-order chi connectivity index (χ0) is 34.0. The standard InChI is InChI=1S/C26H28N4O14S2/c1-27-17(31)13(18(32)28(2)23(27)37)5-15-21(35)43-25(45(15,39)40)7-11-9-26(10-12(11)8-25)44-22(36)16(46(26,41)42)6-14-19(33)29(3)24(38)30(4)20(14)34/h5-6,11-12,21,31,33,35H,7-10H2,1-4H3/b15-5+,16-6+. The Kier molecular flexibility index (Phi) is 6.63. The number of esters is 1. The first-order valence-corrected chi connectivity index (χ1v) is 16.7. The molecule has 20 heteroatoms. The molecule has 4 heterocycles. The highest BCUT2D eigenvalue weighted by atomic mass is 32.2. The molecular formula is C26H28N4O14S2. The van der Waals surface area contributed by atoms with Crippen LogP contribution >= 0.6 is 0 Å². The van der Waals surface area contributed by atoms with Gasteiger partial charge in [-0.15, -0.1) is 0 Å². The summed E-state index contributed by atoms with van der Waals surface area (Å²) in [5, 5.41) is 31.5. The molecule has 18 nitrogen and oxygen atoms in total. The molecule has 0 aromatic carbocycles. The van der Waals surface area contributed by atoms with Crippen molar-refractivity contribution in [3.05, 3.63) is 62.6 Å². The van der Waals surface area contributed by atoms with Gasteiger partial charge in [0.25, 0.3) is 11.1 Å². The van der Waals surface area contributed by atoms with Gasteiger partial charge in [-0.1, -0.05) is 0 Å². The quantitative estimate of drug-likeness (QED) is 0.214. The van der Waals surface area contributed by atoms with E-state index in [9.17, 15) is 56.1 Å². The van der Waals surface area contributed by atoms with Crippen LogP contribution in [0.15, 0.2) is 29.0 Å². The van der Waals surface area contributed by atoms with Gasteiger partial charge >= 0.3 is 17.3 Å². The zero-order valence-electron chi connectivity index (χ0n) is 24.7. The van der Waals surface area contributed by atoms with Gasteiger partial charge in [0.2, 0.25) is 36.4 Å². The van der Waals surface area contributed by atoms with Crippen molar-refractivity contribution < 1.29 is 46.4 Å². The third kappa shape index (κ3) is 3.89. The molecule has 3 atom stereocenters. The number of ether oxygens (including phenoxy) is 2. The number of aromatic hydroxyl groups is 2. The monoisotopic (exact) mass is 684 g/mol. The SMILES string of the molecule is Cn1c(O)c(/C=C2\C(=O)OC3(CC4CC5(CC4C3)OC(O)/C(=C\c3c(O)n(C)c(=O)n(C)c3=O)S5(=O)=O)S2(=O)=O)c(=O)n(C)c1=O. The predicted molar refractivity (Wildman–Crippen MR) is 155 cm³/mol. The van der Waals surface area contributed by atoms with Crippen LogP contribution in [0.1, 0.15) is 36.8 Å². The Hall–Kier alpha value is -4.27. The molecule has 2 spiro atoms. The molecule has 0 amide bonds. The summed E-state index contributed by atoms with van der Waals surface area (Å²) >= 11 is 0. The van der Waals surface area contributed by atoms with E-state index < -0.39 is 109 Å². The number of nitrogens with zero attached hydrogens (tertiary/aromatic N) is 4. The second kappa shape index (κ2) is 9.62. The molecule has 0 bridgehead atoms. The normalized spacial score (nSPS) is 32.6. The number of aliphatic hydroxyl groups excluding tert-OH is 1. The predicted octanol–water partition coefficient (Wildman–Crippen LogP) is -2.78. The molecule has 4 fully saturated rings. The summed E-state index contributed by atoms with van der Waals surface area (Å²) in [5.41, 5.74) is -5.06. The van der Waals surface area contributed by atoms with Gasteiger partial charge in [-0.2, -0.15) is 0 Å². The summed E-state index contributed by atoms with van der Waals surface area (Å²) in [6.07, 6.45) is -2.00. The average Bonchev–Trinajstić information content (AvgIpc) is 3.60. The van der Waals surface area contributed by atoms with Crippen molar-refractivity contribution in [1.29, 1.82) is 0 Å². The Labute approximate surface area is 258 Å². The molecule has 2 saturated heterocycles. The van der Waals surface area contributed by atoms with E-state index in [0.29, 0.717) is 24.3 Å². The van der Waals surface area contributed by atoms with E-state index in [2.05, 4.69) is 0 Å². The van der Waals surface area contributed by atoms with Crippen molar-refractivity contribution >= 4 is 37.8 Å². The first kappa shape index (κ1) is 31.7. The summed E-state index contributed by atoms with van der Waals surface area (Å²) in [6, 6.07) is 0. The van der Waals surface area contributed by atoms with Crippen molar-refractivity contribution in [3.8, 4) is 11.8 Å². The molecule has 3 N–H and O–H groups in total. The summed E-state index contributed by atoms with van der Waals surface area (Å²) in [4.78, 5) is 56.6. The number of hydrogen-bond acceptors (Lipinski definition) is 14. The van der Waals surface area contributed by atoms with Crippen molar-refractivity contribution in [2.75, 3.05) is 0 Å². The number of rotatable bonds is 2. The van der Waals surface area contributed by atoms with E-state index in [4.69, 9.17) is 9.47 Å². The van der Waals surface area contributed by atoms with Crippen molar-refractivity contribution in [1.82, 2.24) is 18.3 Å². The maximum absolute atomic E-state index is 13.8. The maximum Gasteiger partial charge on any atom is 0.351 e. The van der Waals surface area contributed by atoms with Crippen LogP contribution in [-0.2, 0) is 62.1 Å². The van der Waals surface area contributed by atoms with E-state index in [-0.39, 0.29) is 25.7 Å². The van der Waals surface area contributed by atoms with E-state index in [0.717, 1.165) is 34.3 Å². The maximum atomic E-state index is 13.8. The second-order valence-corrected chi connectivity index (χ2v) is 16.4. The minimum atomic E-state index is -4.63. The molecule has 2 aromatic rings. The molecule has 2 aliphatic heterocycles. The molecule has 248 valence electrons. The number of carbonyl (C=O) groups excluding carboxylic acids is 1. The van der Waals surface area contributed by atoms with E-state index in [1.54, 1.807) is 0 Å². The highest BCUT2D eigenvalue weighted by Crippen LogP contribution is 2.62. The molecule has 2 aliphatic carbocycles. The minimum absolute atomic E-state index is 0.318. The van der Waals surface area contributed by atoms with Crippen LogP contribution in [0.25, 0.3) is 12.2 Å². The van der Waals surface area contributed by atoms with E-state index in [1.165, 1.54) is 0 Å². The van der Waals surface area contributed by atoms with Gasteiger partial charge in [-0.25, -0.2) is 31.2 Å². The first-order chi connectivity index (χ1) is 21.2. The molecular weight excluding hydrogens is 656 g/mol. The van der Waals surface area contributed by atoms with Crippen LogP contribution in [0.5, 0.6) is 11.8 Å². The van der Waals surface area contributed by atoms with Crippen molar-refractivity contribution in [2.45, 2.75) is 41.8 Å². The van der Waals surface area contributed by atoms with Crippen LogP contribution in [-0.4, -0.2) is 72.5 Å². The second-order valence-electron chi connectivity index (χ2n) is 12.0. The smallest absolute Gasteiger partial charge is 0.351 e. The first-order valence-electron chi connectivity index (χ1n) is 13.7. The molecule has 46 heavy (non-hydrogen) atoms. The van der Waals surface area contributed by atoms with Gasteiger partial charge in [0.15, 0.2) is 16.1 Å². The third-order valence-corrected chi connectivity index (χ3v) is 14.1. The van der Waals surface area contributed by atoms with Crippen LogP contribution in [0.2, 0.25) is 0 Å². The fourth-order valence-electron chi connectivity index (χ4n) is 6.98. The Bertz CT molecular complexity index is 2290. The summed E-state index contributed by atoms with van der Waals surface area (Å²) in [7, 11) is -4.68. The Morgan fingerprint density at radius 3 is 1.61 bits per heavy atom. The number of carbonyl (C=O) groups is 1. The molecule has 3 unspecified atom stereocenters. The number of aromatic nitrogens is 4. The van der Waals surface area contributed by atoms with E-state index >= 15 is 0 Å². The van der Waals surface area contributed by atoms with Crippen molar-refractivity contribution in [2.24, 2.45) is 40.0 Å². The average molecular weight is 685 g/mol. The van der Waals surface area contributed by atoms with Crippen molar-refractivity contribution in [3.63, 3.8) is 0 Å². The Morgan fingerprint density at radius 1 is 0.696 bits per heavy atom. The molecule has 6 rings (SSSR count). The van der Waals surface area contributed by atoms with Crippen LogP contribution in [0, 0.1) is 11.8 Å². The number of aliphatic hydroxyl groups is 1. The van der Waals surface area contributed by atoms with Gasteiger partial charge in [0.05, 0.1) is 0 Å². The van der Waals surface area contributed by atoms with Gasteiger partial charge in [-0.3, -0.25) is 27.9 Å². The number of fused-ring (bicyclic) bond motifs is 1. The zero-order valence-corrected chi connectivity index (χ0v) is 26.3. The van der Waals surface area contributed by atoms with Gasteiger partial charge in [0.1, 0.15) is 16.0 Å². The lowest BCUT2D eigenvalue weighted by atomic mass is 10.0. The lowest BCUT2D eigenvalue weighted by molar-refractivity contribution is -0.144. The third-order valence-electron chi connectivity index (χ3n) is 9.49. The summed E-state index contributed by atoms with van der Waals surface area (Å²) < 4.78 is 68.8. The van der Waals surface area contributed by atoms with Gasteiger partial charge in [-0.05, 0) is 36.8 Å². The minimum Gasteiger partial charge on any atom is -0.494 e. The fourth-order valence-corrected chi connectivity index (χ4v) is 11.1. The highest BCUT2D eigenvalue weighted by Gasteiger charge is 2.70. The largest absolute Gasteiger partial charge is 0.494 e. The van der Waals surface area contributed by atoms with Crippen LogP contribution in [0.4, 0.5) is 0 Å². The topological polar surface area (TPSA) is 252 Å².